The Morgan fingerprint density at radius 2 is 1.12 bits per heavy atom. The molecule has 5 heteroatoms. The van der Waals surface area contributed by atoms with Gasteiger partial charge in [0.1, 0.15) is 11.2 Å². The maximum Gasteiger partial charge on any atom is 0.252 e. The van der Waals surface area contributed by atoms with Gasteiger partial charge in [0.2, 0.25) is 0 Å². The average molecular weight is 990 g/mol. The molecule has 4 nitrogen and oxygen atoms in total. The van der Waals surface area contributed by atoms with Crippen molar-refractivity contribution in [1.82, 2.24) is 0 Å². The van der Waals surface area contributed by atoms with Crippen molar-refractivity contribution in [1.29, 1.82) is 0 Å². The predicted molar refractivity (Wildman–Crippen MR) is 320 cm³/mol. The van der Waals surface area contributed by atoms with Crippen LogP contribution in [0.5, 0.6) is 0 Å². The second-order valence-electron chi connectivity index (χ2n) is 27.7. The Morgan fingerprint density at radius 3 is 1.83 bits per heavy atom. The monoisotopic (exact) mass is 990 g/mol. The van der Waals surface area contributed by atoms with E-state index in [2.05, 4.69) is 208 Å². The van der Waals surface area contributed by atoms with Crippen molar-refractivity contribution in [3.63, 3.8) is 0 Å². The molecule has 4 aliphatic heterocycles. The molecular weight excluding hydrogens is 910 g/mol. The first-order valence-electron chi connectivity index (χ1n) is 30.3. The van der Waals surface area contributed by atoms with Crippen LogP contribution < -0.4 is 31.1 Å². The normalized spacial score (nSPS) is 25.3. The Hall–Kier alpha value is -6.20. The molecule has 0 spiro atoms. The van der Waals surface area contributed by atoms with Crippen LogP contribution in [0.25, 0.3) is 33.1 Å². The van der Waals surface area contributed by atoms with E-state index < -0.39 is 11.0 Å². The molecule has 0 radical (unpaired) electrons. The van der Waals surface area contributed by atoms with Gasteiger partial charge >= 0.3 is 0 Å². The molecule has 5 heterocycles. The number of para-hydroxylation sites is 1. The molecule has 8 aromatic rings. The molecule has 2 saturated carbocycles. The number of fused-ring (bicyclic) bond motifs is 13. The smallest absolute Gasteiger partial charge is 0.252 e. The van der Waals surface area contributed by atoms with Crippen LogP contribution >= 0.6 is 0 Å². The Balaban J connectivity index is 1.18. The third-order valence-corrected chi connectivity index (χ3v) is 20.5. The lowest BCUT2D eigenvalue weighted by Gasteiger charge is -2.54. The molecule has 75 heavy (non-hydrogen) atoms. The van der Waals surface area contributed by atoms with Crippen molar-refractivity contribution >= 4 is 84.9 Å². The zero-order valence-electron chi connectivity index (χ0n) is 50.8. The molecule has 0 amide bonds. The summed E-state index contributed by atoms with van der Waals surface area (Å²) in [6.45, 7) is 30.5. The molecule has 2 fully saturated rings. The Morgan fingerprint density at radius 1 is 0.507 bits per heavy atom. The van der Waals surface area contributed by atoms with Crippen LogP contribution in [0.1, 0.15) is 175 Å². The topological polar surface area (TPSA) is 22.9 Å². The van der Waals surface area contributed by atoms with E-state index in [0.29, 0.717) is 5.69 Å². The van der Waals surface area contributed by atoms with E-state index in [1.807, 2.05) is 0 Å². The summed E-state index contributed by atoms with van der Waals surface area (Å²) < 4.78 is 45.2. The number of hydrogen-bond acceptors (Lipinski definition) is 4. The highest BCUT2D eigenvalue weighted by Gasteiger charge is 2.63. The van der Waals surface area contributed by atoms with Crippen molar-refractivity contribution in [2.24, 2.45) is 0 Å². The van der Waals surface area contributed by atoms with Crippen LogP contribution in [0.3, 0.4) is 0 Å². The fourth-order valence-corrected chi connectivity index (χ4v) is 15.7. The van der Waals surface area contributed by atoms with E-state index in [9.17, 15) is 4.11 Å². The number of anilines is 7. The van der Waals surface area contributed by atoms with Gasteiger partial charge in [-0.25, -0.2) is 0 Å². The molecule has 4 atom stereocenters. The van der Waals surface area contributed by atoms with Gasteiger partial charge in [0.05, 0.1) is 22.2 Å². The van der Waals surface area contributed by atoms with Gasteiger partial charge < -0.3 is 19.1 Å². The maximum atomic E-state index is 9.95. The minimum Gasteiger partial charge on any atom is -0.456 e. The van der Waals surface area contributed by atoms with Crippen molar-refractivity contribution in [3.05, 3.63) is 155 Å². The molecule has 0 bridgehead atoms. The second-order valence-corrected chi connectivity index (χ2v) is 27.7. The fraction of sp³-hybridized carbons (Fsp3) is 0.400. The van der Waals surface area contributed by atoms with Crippen LogP contribution in [0.2, 0.25) is 0 Å². The Kier molecular flexibility index (Phi) is 8.74. The number of rotatable bonds is 3. The number of hydrogen-bond donors (Lipinski definition) is 0. The molecule has 7 aromatic carbocycles. The second kappa shape index (κ2) is 15.3. The van der Waals surface area contributed by atoms with E-state index in [1.54, 1.807) is 0 Å². The van der Waals surface area contributed by atoms with Gasteiger partial charge in [0, 0.05) is 67.4 Å². The number of benzene rings is 7. The summed E-state index contributed by atoms with van der Waals surface area (Å²) in [5.41, 5.74) is 19.6. The largest absolute Gasteiger partial charge is 0.456 e. The van der Waals surface area contributed by atoms with Crippen LogP contribution in [0, 0.1) is 0 Å². The summed E-state index contributed by atoms with van der Waals surface area (Å²) in [6.07, 6.45) is 8.19. The van der Waals surface area contributed by atoms with Crippen molar-refractivity contribution < 1.29 is 9.90 Å². The van der Waals surface area contributed by atoms with Crippen LogP contribution in [0.4, 0.5) is 39.8 Å². The van der Waals surface area contributed by atoms with E-state index in [1.165, 1.54) is 56.4 Å². The molecule has 1 aromatic heterocycles. The van der Waals surface area contributed by atoms with Gasteiger partial charge in [-0.05, 0) is 148 Å². The minimum absolute atomic E-state index is 0.0423. The molecule has 4 unspecified atom stereocenters. The summed E-state index contributed by atoms with van der Waals surface area (Å²) in [4.78, 5) is 7.83. The zero-order valence-corrected chi connectivity index (χ0v) is 46.8. The van der Waals surface area contributed by atoms with Crippen molar-refractivity contribution in [3.8, 4) is 11.1 Å². The molecule has 0 N–H and O–H groups in total. The van der Waals surface area contributed by atoms with Gasteiger partial charge in [-0.3, -0.25) is 0 Å². The van der Waals surface area contributed by atoms with Gasteiger partial charge in [0.15, 0.2) is 0 Å². The van der Waals surface area contributed by atoms with E-state index in [-0.39, 0.29) is 58.1 Å². The van der Waals surface area contributed by atoms with E-state index >= 15 is 0 Å². The third-order valence-electron chi connectivity index (χ3n) is 20.5. The van der Waals surface area contributed by atoms with E-state index in [0.717, 1.165) is 106 Å². The third kappa shape index (κ3) is 6.25. The van der Waals surface area contributed by atoms with Crippen molar-refractivity contribution in [2.45, 2.75) is 180 Å². The highest BCUT2D eigenvalue weighted by molar-refractivity contribution is 7.00. The minimum atomic E-state index is -0.555. The summed E-state index contributed by atoms with van der Waals surface area (Å²) >= 11 is 0. The molecular formula is C70H76BN3O. The lowest BCUT2D eigenvalue weighted by molar-refractivity contribution is 0.194. The van der Waals surface area contributed by atoms with Crippen molar-refractivity contribution in [2.75, 3.05) is 14.7 Å². The molecule has 380 valence electrons. The molecule has 0 saturated heterocycles. The van der Waals surface area contributed by atoms with Gasteiger partial charge in [-0.2, -0.15) is 0 Å². The summed E-state index contributed by atoms with van der Waals surface area (Å²) in [6, 6.07) is 39.6. The van der Waals surface area contributed by atoms with Crippen LogP contribution in [-0.4, -0.2) is 17.8 Å². The lowest BCUT2D eigenvalue weighted by Crippen LogP contribution is -2.64. The summed E-state index contributed by atoms with van der Waals surface area (Å²) in [5, 5.41) is 2.26. The van der Waals surface area contributed by atoms with Gasteiger partial charge in [-0.1, -0.05) is 181 Å². The Bertz CT molecular complexity index is 3970. The molecule has 14 rings (SSSR count). The SMILES string of the molecule is [2H]c1c([2H])c([2H])c2c(c1[2H])N(c1cc3c4c(c1)N1c5c(cc(C(C)(C)C)cc5C5(C)CCCCC15C)B4c1cc4c(cc1N3c1ccc(C(C)(C)C)cc1-c1ccccc1)oc1ccc(C(C)(C)C)cc14)C1(C)CCCCC21C. The summed E-state index contributed by atoms with van der Waals surface area (Å²) in [7, 11) is 0. The number of nitrogens with zero attached hydrogens (tertiary/aromatic N) is 3. The zero-order chi connectivity index (χ0) is 55.6. The lowest BCUT2D eigenvalue weighted by atomic mass is 9.33. The first kappa shape index (κ1) is 43.0. The molecule has 2 aliphatic carbocycles. The average Bonchev–Trinajstić information content (AvgIpc) is 1.97. The maximum absolute atomic E-state index is 9.95. The Labute approximate surface area is 453 Å². The highest BCUT2D eigenvalue weighted by Crippen LogP contribution is 2.65. The standard InChI is InChI=1S/C70H76BN3O/c1-64(2,3)44-27-29-55(48(35-44)43-23-15-14-16-24-43)72-57-42-61-50(49-36-45(65(4,5)6)28-30-60(49)75-61)41-53(57)71-54-38-46(66(7,8)9)37-52-63(54)74(70(13)34-22-20-32-68(52,70)11)59-40-47(39-58(72)62(59)71)73-56-26-18-17-25-51(56)67(10)31-19-21-33-69(67,73)12/h14-18,23-30,35-42H,19-22,31-34H2,1-13H3/i17D,18D,25D,26D. The van der Waals surface area contributed by atoms with Gasteiger partial charge in [-0.15, -0.1) is 0 Å². The highest BCUT2D eigenvalue weighted by atomic mass is 16.3. The van der Waals surface area contributed by atoms with Crippen LogP contribution in [-0.2, 0) is 27.1 Å². The first-order chi connectivity index (χ1) is 37.2. The van der Waals surface area contributed by atoms with Gasteiger partial charge in [0.25, 0.3) is 6.71 Å². The van der Waals surface area contributed by atoms with Crippen LogP contribution in [0.15, 0.2) is 132 Å². The predicted octanol–water partition coefficient (Wildman–Crippen LogP) is 17.2. The quantitative estimate of drug-likeness (QED) is 0.165. The summed E-state index contributed by atoms with van der Waals surface area (Å²) in [5.74, 6) is 0. The first-order valence-corrected chi connectivity index (χ1v) is 28.3. The fourth-order valence-electron chi connectivity index (χ4n) is 15.7. The number of furan rings is 1. The molecule has 6 aliphatic rings. The van der Waals surface area contributed by atoms with E-state index in [4.69, 9.17) is 5.79 Å².